The lowest BCUT2D eigenvalue weighted by Gasteiger charge is -2.14. The normalized spacial score (nSPS) is 12.6. The number of alkyl carbamates (subject to hydrolysis) is 1. The van der Waals surface area contributed by atoms with Crippen molar-refractivity contribution in [2.45, 2.75) is 19.3 Å². The average molecular weight is 399 g/mol. The molecule has 1 amide bonds. The molecule has 0 bridgehead atoms. The van der Waals surface area contributed by atoms with E-state index in [2.05, 4.69) is 29.6 Å². The molecule has 0 radical (unpaired) electrons. The Labute approximate surface area is 176 Å². The highest BCUT2D eigenvalue weighted by Crippen LogP contribution is 2.44. The largest absolute Gasteiger partial charge is 0.508 e. The van der Waals surface area contributed by atoms with Gasteiger partial charge >= 0.3 is 6.09 Å². The summed E-state index contributed by atoms with van der Waals surface area (Å²) in [5, 5.41) is 12.4. The van der Waals surface area contributed by atoms with Gasteiger partial charge < -0.3 is 15.2 Å². The van der Waals surface area contributed by atoms with Crippen molar-refractivity contribution in [3.05, 3.63) is 95.1 Å². The number of aryl methyl sites for hydroxylation is 1. The summed E-state index contributed by atoms with van der Waals surface area (Å²) >= 11 is 0. The zero-order chi connectivity index (χ0) is 20.9. The highest BCUT2D eigenvalue weighted by molar-refractivity contribution is 5.79. The first kappa shape index (κ1) is 19.8. The summed E-state index contributed by atoms with van der Waals surface area (Å²) in [5.41, 5.74) is 6.79. The van der Waals surface area contributed by atoms with Crippen molar-refractivity contribution in [1.29, 1.82) is 0 Å². The van der Waals surface area contributed by atoms with Crippen molar-refractivity contribution in [2.24, 2.45) is 0 Å². The minimum absolute atomic E-state index is 0.0667. The first-order valence-electron chi connectivity index (χ1n) is 10.2. The first-order chi connectivity index (χ1) is 14.6. The van der Waals surface area contributed by atoms with Crippen LogP contribution in [0.25, 0.3) is 17.2 Å². The molecule has 0 unspecified atom stereocenters. The topological polar surface area (TPSA) is 58.6 Å². The van der Waals surface area contributed by atoms with Gasteiger partial charge in [-0.05, 0) is 58.9 Å². The number of aromatic hydroxyl groups is 1. The van der Waals surface area contributed by atoms with Gasteiger partial charge in [0.1, 0.15) is 12.4 Å². The molecule has 0 atom stereocenters. The Balaban J connectivity index is 1.28. The fourth-order valence-electron chi connectivity index (χ4n) is 4.01. The van der Waals surface area contributed by atoms with E-state index in [1.807, 2.05) is 49.4 Å². The summed E-state index contributed by atoms with van der Waals surface area (Å²) < 4.78 is 5.53. The quantitative estimate of drug-likeness (QED) is 0.527. The van der Waals surface area contributed by atoms with Crippen LogP contribution < -0.4 is 5.32 Å². The molecule has 4 heteroatoms. The van der Waals surface area contributed by atoms with Gasteiger partial charge in [-0.1, -0.05) is 66.7 Å². The van der Waals surface area contributed by atoms with Crippen LogP contribution in [0.4, 0.5) is 4.79 Å². The number of nitrogens with one attached hydrogen (secondary N) is 1. The number of ether oxygens (including phenoxy) is 1. The van der Waals surface area contributed by atoms with Gasteiger partial charge in [0, 0.05) is 12.5 Å². The molecular weight excluding hydrogens is 374 g/mol. The third kappa shape index (κ3) is 4.38. The molecule has 0 heterocycles. The summed E-state index contributed by atoms with van der Waals surface area (Å²) in [5.74, 6) is 0.323. The maximum Gasteiger partial charge on any atom is 0.407 e. The fraction of sp³-hybridized carbons (Fsp3) is 0.192. The van der Waals surface area contributed by atoms with Crippen LogP contribution in [0.15, 0.2) is 72.8 Å². The molecule has 1 aliphatic rings. The van der Waals surface area contributed by atoms with Crippen molar-refractivity contribution in [3.63, 3.8) is 0 Å². The Hall–Kier alpha value is -3.53. The van der Waals surface area contributed by atoms with Crippen LogP contribution >= 0.6 is 0 Å². The van der Waals surface area contributed by atoms with Crippen molar-refractivity contribution >= 4 is 12.2 Å². The zero-order valence-electron chi connectivity index (χ0n) is 17.0. The predicted octanol–water partition coefficient (Wildman–Crippen LogP) is 5.64. The van der Waals surface area contributed by atoms with Crippen molar-refractivity contribution < 1.29 is 14.6 Å². The molecule has 2 N–H and O–H groups in total. The van der Waals surface area contributed by atoms with E-state index in [-0.39, 0.29) is 11.7 Å². The van der Waals surface area contributed by atoms with Crippen LogP contribution in [-0.2, 0) is 4.74 Å². The number of hydrogen-bond donors (Lipinski definition) is 2. The van der Waals surface area contributed by atoms with Gasteiger partial charge in [0.25, 0.3) is 0 Å². The lowest BCUT2D eigenvalue weighted by Crippen LogP contribution is -2.26. The Morgan fingerprint density at radius 1 is 1.03 bits per heavy atom. The number of fused-ring (bicyclic) bond motifs is 3. The maximum absolute atomic E-state index is 12.2. The van der Waals surface area contributed by atoms with Gasteiger partial charge in [0.05, 0.1) is 0 Å². The summed E-state index contributed by atoms with van der Waals surface area (Å²) in [6, 6.07) is 22.0. The number of hydrogen-bond acceptors (Lipinski definition) is 3. The van der Waals surface area contributed by atoms with Crippen LogP contribution in [0, 0.1) is 6.92 Å². The maximum atomic E-state index is 12.2. The van der Waals surface area contributed by atoms with E-state index >= 15 is 0 Å². The van der Waals surface area contributed by atoms with E-state index in [1.165, 1.54) is 22.3 Å². The molecule has 0 saturated carbocycles. The van der Waals surface area contributed by atoms with E-state index in [1.54, 1.807) is 12.1 Å². The van der Waals surface area contributed by atoms with Crippen LogP contribution in [-0.4, -0.2) is 24.4 Å². The predicted molar refractivity (Wildman–Crippen MR) is 120 cm³/mol. The third-order valence-electron chi connectivity index (χ3n) is 5.32. The van der Waals surface area contributed by atoms with E-state index in [0.29, 0.717) is 19.6 Å². The van der Waals surface area contributed by atoms with Crippen molar-refractivity contribution in [3.8, 4) is 16.9 Å². The highest BCUT2D eigenvalue weighted by Gasteiger charge is 2.28. The fourth-order valence-corrected chi connectivity index (χ4v) is 4.01. The molecule has 0 saturated heterocycles. The SMILES string of the molecule is Cc1cc(O)cc(C=CCCNC(=O)OCC2c3ccccc3-c3ccccc32)c1. The molecule has 4 nitrogen and oxygen atoms in total. The molecule has 1 aliphatic carbocycles. The smallest absolute Gasteiger partial charge is 0.407 e. The second-order valence-corrected chi connectivity index (χ2v) is 7.55. The lowest BCUT2D eigenvalue weighted by molar-refractivity contribution is 0.143. The molecule has 30 heavy (non-hydrogen) atoms. The van der Waals surface area contributed by atoms with E-state index in [4.69, 9.17) is 4.74 Å². The van der Waals surface area contributed by atoms with Crippen molar-refractivity contribution in [2.75, 3.05) is 13.2 Å². The van der Waals surface area contributed by atoms with E-state index in [0.717, 1.165) is 11.1 Å². The number of amides is 1. The molecular formula is C26H25NO3. The van der Waals surface area contributed by atoms with Crippen LogP contribution in [0.5, 0.6) is 5.75 Å². The lowest BCUT2D eigenvalue weighted by atomic mass is 9.98. The Morgan fingerprint density at radius 3 is 2.37 bits per heavy atom. The Bertz CT molecular complexity index is 1020. The standard InChI is InChI=1S/C26H25NO3/c1-18-14-19(16-20(28)15-18)8-6-7-13-27-26(29)30-17-25-23-11-4-2-9-21(23)22-10-3-5-12-24(22)25/h2-6,8-12,14-16,25,28H,7,13,17H2,1H3,(H,27,29). The Kier molecular flexibility index (Phi) is 5.84. The van der Waals surface area contributed by atoms with Gasteiger partial charge in [0.15, 0.2) is 0 Å². The van der Waals surface area contributed by atoms with Gasteiger partial charge in [-0.3, -0.25) is 0 Å². The molecule has 0 aliphatic heterocycles. The van der Waals surface area contributed by atoms with Crippen molar-refractivity contribution in [1.82, 2.24) is 5.32 Å². The monoisotopic (exact) mass is 399 g/mol. The zero-order valence-corrected chi connectivity index (χ0v) is 17.0. The number of phenolic OH excluding ortho intramolecular Hbond substituents is 1. The summed E-state index contributed by atoms with van der Waals surface area (Å²) in [7, 11) is 0. The van der Waals surface area contributed by atoms with Gasteiger partial charge in [-0.25, -0.2) is 4.79 Å². The van der Waals surface area contributed by atoms with Gasteiger partial charge in [0.2, 0.25) is 0 Å². The molecule has 0 fully saturated rings. The third-order valence-corrected chi connectivity index (χ3v) is 5.32. The molecule has 152 valence electrons. The second-order valence-electron chi connectivity index (χ2n) is 7.55. The Morgan fingerprint density at radius 2 is 1.70 bits per heavy atom. The summed E-state index contributed by atoms with van der Waals surface area (Å²) in [6.45, 7) is 2.75. The minimum Gasteiger partial charge on any atom is -0.508 e. The number of carbonyl (C=O) groups is 1. The highest BCUT2D eigenvalue weighted by atomic mass is 16.5. The van der Waals surface area contributed by atoms with Crippen LogP contribution in [0.2, 0.25) is 0 Å². The molecule has 3 aromatic rings. The molecule has 0 spiro atoms. The number of carbonyl (C=O) groups excluding carboxylic acids is 1. The average Bonchev–Trinajstić information content (AvgIpc) is 3.05. The van der Waals surface area contributed by atoms with Crippen LogP contribution in [0.3, 0.4) is 0 Å². The van der Waals surface area contributed by atoms with Crippen LogP contribution in [0.1, 0.15) is 34.6 Å². The molecule has 0 aromatic heterocycles. The minimum atomic E-state index is -0.404. The number of benzene rings is 3. The van der Waals surface area contributed by atoms with E-state index < -0.39 is 6.09 Å². The summed E-state index contributed by atoms with van der Waals surface area (Å²) in [6.07, 6.45) is 4.18. The van der Waals surface area contributed by atoms with E-state index in [9.17, 15) is 9.90 Å². The second kappa shape index (κ2) is 8.87. The van der Waals surface area contributed by atoms with Gasteiger partial charge in [-0.2, -0.15) is 0 Å². The molecule has 4 rings (SSSR count). The number of rotatable bonds is 6. The molecule has 3 aromatic carbocycles. The van der Waals surface area contributed by atoms with Gasteiger partial charge in [-0.15, -0.1) is 0 Å². The summed E-state index contributed by atoms with van der Waals surface area (Å²) in [4.78, 5) is 12.2. The first-order valence-corrected chi connectivity index (χ1v) is 10.2. The number of phenols is 1.